The van der Waals surface area contributed by atoms with E-state index in [9.17, 15) is 24.0 Å². The molecule has 10 nitrogen and oxygen atoms in total. The van der Waals surface area contributed by atoms with Gasteiger partial charge in [-0.25, -0.2) is 0 Å². The minimum Gasteiger partial charge on any atom is -0.469 e. The molecule has 1 aliphatic rings. The molecule has 1 fully saturated rings. The molecule has 0 aromatic carbocycles. The Labute approximate surface area is 180 Å². The Morgan fingerprint density at radius 1 is 1.10 bits per heavy atom. The van der Waals surface area contributed by atoms with Gasteiger partial charge in [-0.05, 0) is 6.92 Å². The molecule has 0 saturated carbocycles. The third-order valence-electron chi connectivity index (χ3n) is 4.35. The molecule has 11 heteroatoms. The maximum Gasteiger partial charge on any atom is 0.310 e. The lowest BCUT2D eigenvalue weighted by Gasteiger charge is -2.45. The van der Waals surface area contributed by atoms with Gasteiger partial charge in [-0.1, -0.05) is 25.6 Å². The van der Waals surface area contributed by atoms with E-state index in [-0.39, 0.29) is 38.4 Å². The van der Waals surface area contributed by atoms with Gasteiger partial charge in [0.1, 0.15) is 6.10 Å². The Bertz CT molecular complexity index is 681. The van der Waals surface area contributed by atoms with Crippen LogP contribution in [-0.4, -0.2) is 73.1 Å². The second kappa shape index (κ2) is 11.4. The van der Waals surface area contributed by atoms with Crippen molar-refractivity contribution in [3.63, 3.8) is 0 Å². The van der Waals surface area contributed by atoms with Crippen LogP contribution in [0.15, 0.2) is 0 Å². The van der Waals surface area contributed by atoms with Gasteiger partial charge in [-0.15, -0.1) is 0 Å². The van der Waals surface area contributed by atoms with Gasteiger partial charge in [-0.3, -0.25) is 24.0 Å². The highest BCUT2D eigenvalue weighted by Crippen LogP contribution is 2.36. The highest BCUT2D eigenvalue weighted by molar-refractivity contribution is 8.15. The number of methoxy groups -OCH3 is 1. The Hall–Kier alpha value is -1.98. The Morgan fingerprint density at radius 3 is 2.37 bits per heavy atom. The summed E-state index contributed by atoms with van der Waals surface area (Å²) in [6, 6.07) is 0. The second-order valence-electron chi connectivity index (χ2n) is 7.74. The number of nitrogens with one attached hydrogen (secondary N) is 2. The predicted octanol–water partition coefficient (Wildman–Crippen LogP) is 0.179. The SMILES string of the molecule is COC(=O)CC1(C)OCC(C)(C)[C@H](C(=O)NCCC(=O)NCCSC(=O)C(C)=O)O1. The number of esters is 1. The molecule has 1 saturated heterocycles. The molecule has 0 aromatic heterocycles. The largest absolute Gasteiger partial charge is 0.469 e. The number of Topliss-reactive ketones (excluding diaryl/α,β-unsaturated/α-hetero) is 1. The van der Waals surface area contributed by atoms with Crippen LogP contribution in [0.4, 0.5) is 0 Å². The maximum absolute atomic E-state index is 12.6. The van der Waals surface area contributed by atoms with Gasteiger partial charge in [0.05, 0.1) is 20.1 Å². The van der Waals surface area contributed by atoms with E-state index < -0.39 is 40.1 Å². The number of carbonyl (C=O) groups excluding carboxylic acids is 5. The molecule has 1 aliphatic heterocycles. The van der Waals surface area contributed by atoms with E-state index in [2.05, 4.69) is 15.4 Å². The first-order valence-electron chi connectivity index (χ1n) is 9.51. The average molecular weight is 447 g/mol. The lowest BCUT2D eigenvalue weighted by Crippen LogP contribution is -2.58. The standard InChI is InChI=1S/C19H30N2O8S/c1-12(22)17(26)30-9-8-20-13(23)6-7-21-16(25)15-18(2,3)11-28-19(4,29-15)10-14(24)27-5/h15H,6-11H2,1-5H3,(H,20,23)(H,21,25)/t15-,19?/m0/s1. The minimum absolute atomic E-state index is 0.0418. The third kappa shape index (κ3) is 8.41. The maximum atomic E-state index is 12.6. The minimum atomic E-state index is -1.28. The summed E-state index contributed by atoms with van der Waals surface area (Å²) in [5.41, 5.74) is -0.636. The highest BCUT2D eigenvalue weighted by Gasteiger charge is 2.48. The van der Waals surface area contributed by atoms with Crippen LogP contribution in [0.5, 0.6) is 0 Å². The van der Waals surface area contributed by atoms with E-state index in [1.54, 1.807) is 6.92 Å². The molecule has 2 N–H and O–H groups in total. The summed E-state index contributed by atoms with van der Waals surface area (Å²) in [5.74, 6) is -2.74. The van der Waals surface area contributed by atoms with Crippen molar-refractivity contribution in [2.45, 2.75) is 52.4 Å². The van der Waals surface area contributed by atoms with Gasteiger partial charge >= 0.3 is 5.97 Å². The first kappa shape index (κ1) is 26.1. The van der Waals surface area contributed by atoms with E-state index in [1.165, 1.54) is 14.0 Å². The summed E-state index contributed by atoms with van der Waals surface area (Å²) < 4.78 is 16.1. The summed E-state index contributed by atoms with van der Waals surface area (Å²) in [7, 11) is 1.26. The van der Waals surface area contributed by atoms with Crippen LogP contribution < -0.4 is 10.6 Å². The van der Waals surface area contributed by atoms with Crippen molar-refractivity contribution in [2.24, 2.45) is 5.41 Å². The number of amides is 2. The van der Waals surface area contributed by atoms with Gasteiger partial charge in [-0.2, -0.15) is 0 Å². The van der Waals surface area contributed by atoms with E-state index in [4.69, 9.17) is 9.47 Å². The van der Waals surface area contributed by atoms with Crippen LogP contribution in [-0.2, 0) is 38.2 Å². The fourth-order valence-corrected chi connectivity index (χ4v) is 3.20. The molecular formula is C19H30N2O8S. The molecule has 0 radical (unpaired) electrons. The summed E-state index contributed by atoms with van der Waals surface area (Å²) in [6.45, 7) is 6.91. The molecule has 0 aliphatic carbocycles. The van der Waals surface area contributed by atoms with E-state index >= 15 is 0 Å². The summed E-state index contributed by atoms with van der Waals surface area (Å²) in [5, 5.41) is 4.73. The van der Waals surface area contributed by atoms with Crippen LogP contribution in [0.1, 0.15) is 40.5 Å². The van der Waals surface area contributed by atoms with Crippen LogP contribution in [0.3, 0.4) is 0 Å². The van der Waals surface area contributed by atoms with Crippen LogP contribution in [0.2, 0.25) is 0 Å². The number of ether oxygens (including phenoxy) is 3. The van der Waals surface area contributed by atoms with E-state index in [0.29, 0.717) is 5.75 Å². The smallest absolute Gasteiger partial charge is 0.310 e. The summed E-state index contributed by atoms with van der Waals surface area (Å²) in [4.78, 5) is 58.0. The van der Waals surface area contributed by atoms with E-state index in [1.807, 2.05) is 13.8 Å². The Kier molecular flexibility index (Phi) is 9.92. The molecule has 2 amide bonds. The van der Waals surface area contributed by atoms with Crippen molar-refractivity contribution in [3.05, 3.63) is 0 Å². The van der Waals surface area contributed by atoms with Crippen molar-refractivity contribution in [3.8, 4) is 0 Å². The fourth-order valence-electron chi connectivity index (χ4n) is 2.61. The summed E-state index contributed by atoms with van der Waals surface area (Å²) in [6.07, 6.45) is -0.992. The number of hydrogen-bond donors (Lipinski definition) is 2. The molecule has 1 unspecified atom stereocenters. The number of hydrogen-bond acceptors (Lipinski definition) is 9. The summed E-state index contributed by atoms with van der Waals surface area (Å²) >= 11 is 0.845. The van der Waals surface area contributed by atoms with Gasteiger partial charge in [0.2, 0.25) is 17.6 Å². The predicted molar refractivity (Wildman–Crippen MR) is 108 cm³/mol. The first-order valence-corrected chi connectivity index (χ1v) is 10.5. The fraction of sp³-hybridized carbons (Fsp3) is 0.737. The van der Waals surface area contributed by atoms with Crippen LogP contribution in [0, 0.1) is 5.41 Å². The first-order chi connectivity index (χ1) is 13.9. The zero-order valence-electron chi connectivity index (χ0n) is 18.0. The molecule has 30 heavy (non-hydrogen) atoms. The topological polar surface area (TPSA) is 137 Å². The lowest BCUT2D eigenvalue weighted by atomic mass is 9.85. The van der Waals surface area contributed by atoms with Gasteiger partial charge in [0, 0.05) is 37.6 Å². The zero-order chi connectivity index (χ0) is 22.9. The van der Waals surface area contributed by atoms with Crippen molar-refractivity contribution < 1.29 is 38.2 Å². The Morgan fingerprint density at radius 2 is 1.77 bits per heavy atom. The van der Waals surface area contributed by atoms with Gasteiger partial charge < -0.3 is 24.8 Å². The normalized spacial score (nSPS) is 22.6. The second-order valence-corrected chi connectivity index (χ2v) is 8.81. The molecular weight excluding hydrogens is 416 g/mol. The van der Waals surface area contributed by atoms with E-state index in [0.717, 1.165) is 11.8 Å². The molecule has 1 heterocycles. The zero-order valence-corrected chi connectivity index (χ0v) is 18.8. The number of thioether (sulfide) groups is 1. The van der Waals surface area contributed by atoms with Gasteiger partial charge in [0.25, 0.3) is 5.12 Å². The van der Waals surface area contributed by atoms with Crippen molar-refractivity contribution in [2.75, 3.05) is 32.6 Å². The lowest BCUT2D eigenvalue weighted by molar-refractivity contribution is -0.313. The molecule has 0 spiro atoms. The van der Waals surface area contributed by atoms with Crippen LogP contribution >= 0.6 is 11.8 Å². The number of carbonyl (C=O) groups is 5. The van der Waals surface area contributed by atoms with Gasteiger partial charge in [0.15, 0.2) is 5.79 Å². The Balaban J connectivity index is 2.44. The molecule has 0 aromatic rings. The van der Waals surface area contributed by atoms with Crippen LogP contribution in [0.25, 0.3) is 0 Å². The average Bonchev–Trinajstić information content (AvgIpc) is 2.66. The monoisotopic (exact) mass is 446 g/mol. The molecule has 2 atom stereocenters. The van der Waals surface area contributed by atoms with Crippen molar-refractivity contribution in [1.29, 1.82) is 0 Å². The molecule has 1 rings (SSSR count). The highest BCUT2D eigenvalue weighted by atomic mass is 32.2. The van der Waals surface area contributed by atoms with Crippen molar-refractivity contribution >= 4 is 40.4 Å². The number of rotatable bonds is 10. The molecule has 170 valence electrons. The number of ketones is 1. The molecule has 0 bridgehead atoms. The van der Waals surface area contributed by atoms with Crippen molar-refractivity contribution in [1.82, 2.24) is 10.6 Å². The third-order valence-corrected chi connectivity index (χ3v) is 5.31. The quantitative estimate of drug-likeness (QED) is 0.273.